The lowest BCUT2D eigenvalue weighted by molar-refractivity contribution is 0.475. The molecule has 1 aromatic carbocycles. The summed E-state index contributed by atoms with van der Waals surface area (Å²) >= 11 is 0. The van der Waals surface area contributed by atoms with Gasteiger partial charge in [0.05, 0.1) is 0 Å². The van der Waals surface area contributed by atoms with Crippen molar-refractivity contribution in [2.24, 2.45) is 0 Å². The highest BCUT2D eigenvalue weighted by Crippen LogP contribution is 2.02. The van der Waals surface area contributed by atoms with Gasteiger partial charge in [0.15, 0.2) is 0 Å². The summed E-state index contributed by atoms with van der Waals surface area (Å²) in [6.07, 6.45) is 3.75. The number of benzene rings is 1. The van der Waals surface area contributed by atoms with E-state index in [1.807, 2.05) is 30.6 Å². The Morgan fingerprint density at radius 2 is 1.42 bits per heavy atom. The fourth-order valence-corrected chi connectivity index (χ4v) is 0.706. The Hall–Kier alpha value is -1.70. The second-order valence-corrected chi connectivity index (χ2v) is 2.22. The topological polar surface area (TPSA) is 36.0 Å². The smallest absolute Gasteiger partial charge is 0.115 e. The number of aromatic hydroxyl groups is 1. The fourth-order valence-electron chi connectivity index (χ4n) is 0.706. The summed E-state index contributed by atoms with van der Waals surface area (Å²) in [7, 11) is 0. The maximum absolute atomic E-state index is 8.63. The lowest BCUT2D eigenvalue weighted by atomic mass is 10.3. The second kappa shape index (κ2) is 5.02. The SMILES string of the molecule is Oc1ccccc1.c1cc[nH]c1. The quantitative estimate of drug-likeness (QED) is 0.611. The standard InChI is InChI=1S/C6H6O.C4H5N/c7-6-4-2-1-3-5-6;1-2-4-5-3-1/h1-5,7H;1-5H. The molecule has 2 rings (SSSR count). The van der Waals surface area contributed by atoms with E-state index in [2.05, 4.69) is 4.98 Å². The number of phenolic OH excluding ortho intramolecular Hbond substituents is 1. The van der Waals surface area contributed by atoms with E-state index in [4.69, 9.17) is 5.11 Å². The van der Waals surface area contributed by atoms with Gasteiger partial charge in [0, 0.05) is 12.4 Å². The minimum absolute atomic E-state index is 0.322. The van der Waals surface area contributed by atoms with Crippen LogP contribution in [0.1, 0.15) is 0 Å². The van der Waals surface area contributed by atoms with Crippen molar-refractivity contribution in [1.29, 1.82) is 0 Å². The summed E-state index contributed by atoms with van der Waals surface area (Å²) in [5.74, 6) is 0.322. The average Bonchev–Trinajstić information content (AvgIpc) is 2.62. The predicted molar refractivity (Wildman–Crippen MR) is 48.9 cm³/mol. The lowest BCUT2D eigenvalue weighted by Crippen LogP contribution is -1.56. The van der Waals surface area contributed by atoms with Crippen molar-refractivity contribution in [3.8, 4) is 5.75 Å². The van der Waals surface area contributed by atoms with Gasteiger partial charge in [0.1, 0.15) is 5.75 Å². The Labute approximate surface area is 71.5 Å². The van der Waals surface area contributed by atoms with Crippen LogP contribution in [0.3, 0.4) is 0 Å². The summed E-state index contributed by atoms with van der Waals surface area (Å²) in [6.45, 7) is 0. The van der Waals surface area contributed by atoms with Crippen LogP contribution in [0.4, 0.5) is 0 Å². The Morgan fingerprint density at radius 1 is 0.833 bits per heavy atom. The molecular formula is C10H11NO. The van der Waals surface area contributed by atoms with Gasteiger partial charge >= 0.3 is 0 Å². The van der Waals surface area contributed by atoms with Crippen molar-refractivity contribution < 1.29 is 5.11 Å². The van der Waals surface area contributed by atoms with E-state index >= 15 is 0 Å². The normalized spacial score (nSPS) is 8.33. The molecule has 0 aliphatic carbocycles. The molecule has 0 saturated carbocycles. The Bertz CT molecular complexity index is 259. The zero-order valence-electron chi connectivity index (χ0n) is 6.64. The zero-order valence-corrected chi connectivity index (χ0v) is 6.64. The molecule has 1 heterocycles. The van der Waals surface area contributed by atoms with Crippen molar-refractivity contribution in [2.45, 2.75) is 0 Å². The fraction of sp³-hybridized carbons (Fsp3) is 0. The summed E-state index contributed by atoms with van der Waals surface area (Å²) in [5, 5.41) is 8.63. The van der Waals surface area contributed by atoms with Crippen molar-refractivity contribution >= 4 is 0 Å². The largest absolute Gasteiger partial charge is 0.508 e. The van der Waals surface area contributed by atoms with E-state index in [0.29, 0.717) is 5.75 Å². The minimum Gasteiger partial charge on any atom is -0.508 e. The lowest BCUT2D eigenvalue weighted by Gasteiger charge is -1.82. The van der Waals surface area contributed by atoms with Gasteiger partial charge in [-0.05, 0) is 24.3 Å². The van der Waals surface area contributed by atoms with Gasteiger partial charge in [-0.2, -0.15) is 0 Å². The van der Waals surface area contributed by atoms with Crippen molar-refractivity contribution in [1.82, 2.24) is 4.98 Å². The third-order valence-electron chi connectivity index (χ3n) is 1.25. The molecule has 0 unspecified atom stereocenters. The summed E-state index contributed by atoms with van der Waals surface area (Å²) in [6, 6.07) is 12.6. The molecule has 2 aromatic rings. The van der Waals surface area contributed by atoms with Crippen molar-refractivity contribution in [2.75, 3.05) is 0 Å². The molecule has 12 heavy (non-hydrogen) atoms. The first-order valence-corrected chi connectivity index (χ1v) is 3.71. The molecule has 2 nitrogen and oxygen atoms in total. The minimum atomic E-state index is 0.322. The zero-order chi connectivity index (χ0) is 8.65. The molecule has 0 radical (unpaired) electrons. The van der Waals surface area contributed by atoms with Gasteiger partial charge in [0.2, 0.25) is 0 Å². The van der Waals surface area contributed by atoms with Gasteiger partial charge in [-0.1, -0.05) is 18.2 Å². The van der Waals surface area contributed by atoms with E-state index in [1.54, 1.807) is 24.3 Å². The first-order valence-electron chi connectivity index (χ1n) is 3.71. The first kappa shape index (κ1) is 8.40. The van der Waals surface area contributed by atoms with Crippen LogP contribution in [0, 0.1) is 0 Å². The predicted octanol–water partition coefficient (Wildman–Crippen LogP) is 2.41. The van der Waals surface area contributed by atoms with Crippen LogP contribution in [0.15, 0.2) is 54.9 Å². The van der Waals surface area contributed by atoms with Crippen molar-refractivity contribution in [3.05, 3.63) is 54.9 Å². The summed E-state index contributed by atoms with van der Waals surface area (Å²) in [4.78, 5) is 2.86. The highest BCUT2D eigenvalue weighted by atomic mass is 16.3. The monoisotopic (exact) mass is 161 g/mol. The maximum Gasteiger partial charge on any atom is 0.115 e. The number of aromatic amines is 1. The van der Waals surface area contributed by atoms with Gasteiger partial charge in [-0.15, -0.1) is 0 Å². The number of para-hydroxylation sites is 1. The van der Waals surface area contributed by atoms with Crippen LogP contribution in [0.25, 0.3) is 0 Å². The highest BCUT2D eigenvalue weighted by Gasteiger charge is 1.74. The average molecular weight is 161 g/mol. The molecule has 0 amide bonds. The van der Waals surface area contributed by atoms with Crippen LogP contribution < -0.4 is 0 Å². The summed E-state index contributed by atoms with van der Waals surface area (Å²) in [5.41, 5.74) is 0. The van der Waals surface area contributed by atoms with Crippen LogP contribution >= 0.6 is 0 Å². The molecule has 0 bridgehead atoms. The molecular weight excluding hydrogens is 150 g/mol. The van der Waals surface area contributed by atoms with Crippen LogP contribution in [-0.4, -0.2) is 10.1 Å². The third kappa shape index (κ3) is 3.46. The number of phenols is 1. The maximum atomic E-state index is 8.63. The molecule has 0 aliphatic rings. The number of rotatable bonds is 0. The van der Waals surface area contributed by atoms with Crippen molar-refractivity contribution in [3.63, 3.8) is 0 Å². The Morgan fingerprint density at radius 3 is 1.67 bits per heavy atom. The molecule has 2 N–H and O–H groups in total. The molecule has 0 saturated heterocycles. The molecule has 1 aromatic heterocycles. The summed E-state index contributed by atoms with van der Waals surface area (Å²) < 4.78 is 0. The number of hydrogen-bond acceptors (Lipinski definition) is 1. The number of hydrogen-bond donors (Lipinski definition) is 2. The van der Waals surface area contributed by atoms with Gasteiger partial charge in [0.25, 0.3) is 0 Å². The second-order valence-electron chi connectivity index (χ2n) is 2.22. The number of nitrogens with one attached hydrogen (secondary N) is 1. The highest BCUT2D eigenvalue weighted by molar-refractivity contribution is 5.18. The molecule has 0 aliphatic heterocycles. The molecule has 0 atom stereocenters. The molecule has 2 heteroatoms. The number of aromatic nitrogens is 1. The Balaban J connectivity index is 0.000000127. The van der Waals surface area contributed by atoms with E-state index in [-0.39, 0.29) is 0 Å². The van der Waals surface area contributed by atoms with Crippen LogP contribution in [0.5, 0.6) is 5.75 Å². The van der Waals surface area contributed by atoms with E-state index in [9.17, 15) is 0 Å². The van der Waals surface area contributed by atoms with Crippen LogP contribution in [0.2, 0.25) is 0 Å². The molecule has 62 valence electrons. The Kier molecular flexibility index (Phi) is 3.51. The molecule has 0 spiro atoms. The van der Waals surface area contributed by atoms with Crippen LogP contribution in [-0.2, 0) is 0 Å². The van der Waals surface area contributed by atoms with E-state index in [1.165, 1.54) is 0 Å². The van der Waals surface area contributed by atoms with E-state index < -0.39 is 0 Å². The third-order valence-corrected chi connectivity index (χ3v) is 1.25. The van der Waals surface area contributed by atoms with E-state index in [0.717, 1.165) is 0 Å². The first-order chi connectivity index (χ1) is 5.89. The van der Waals surface area contributed by atoms with Gasteiger partial charge < -0.3 is 10.1 Å². The number of H-pyrrole nitrogens is 1. The molecule has 0 fully saturated rings. The van der Waals surface area contributed by atoms with Gasteiger partial charge in [-0.3, -0.25) is 0 Å². The van der Waals surface area contributed by atoms with Gasteiger partial charge in [-0.25, -0.2) is 0 Å².